The number of fused-ring (bicyclic) bond motifs is 6. The second kappa shape index (κ2) is 7.68. The number of nitrogens with zero attached hydrogens (tertiary/aromatic N) is 4. The fourth-order valence-electron chi connectivity index (χ4n) is 4.34. The van der Waals surface area contributed by atoms with Gasteiger partial charge < -0.3 is 15.0 Å². The van der Waals surface area contributed by atoms with E-state index in [0.717, 1.165) is 43.0 Å². The van der Waals surface area contributed by atoms with E-state index in [0.29, 0.717) is 24.0 Å². The van der Waals surface area contributed by atoms with Crippen molar-refractivity contribution in [3.05, 3.63) is 76.8 Å². The lowest BCUT2D eigenvalue weighted by Gasteiger charge is -2.23. The highest BCUT2D eigenvalue weighted by Crippen LogP contribution is 2.41. The van der Waals surface area contributed by atoms with Crippen LogP contribution in [0.15, 0.2) is 48.5 Å². The smallest absolute Gasteiger partial charge is 0.229 e. The highest BCUT2D eigenvalue weighted by Gasteiger charge is 2.30. The van der Waals surface area contributed by atoms with E-state index in [-0.39, 0.29) is 5.92 Å². The minimum atomic E-state index is 0.285. The number of anilines is 3. The third kappa shape index (κ3) is 3.33. The molecule has 0 amide bonds. The Morgan fingerprint density at radius 2 is 2.03 bits per heavy atom. The van der Waals surface area contributed by atoms with Gasteiger partial charge in [0.25, 0.3) is 0 Å². The standard InChI is InChI=1S/C24H23N5O/c1-25-20-12-9-17-15-21(20)30-14-6-13-29(2)23-19-11-10-18(16-7-4-3-5-8-16)22(19)27-24(26-17)28-23/h3-5,7-9,12,15,18H,6,10-11,13-14H2,2H3,(H,26,27,28). The average Bonchev–Trinajstić information content (AvgIpc) is 3.20. The fraction of sp³-hybridized carbons (Fsp3) is 0.292. The van der Waals surface area contributed by atoms with Crippen molar-refractivity contribution in [3.8, 4) is 5.75 Å². The van der Waals surface area contributed by atoms with Crippen molar-refractivity contribution in [1.82, 2.24) is 9.97 Å². The van der Waals surface area contributed by atoms with Crippen LogP contribution in [-0.4, -0.2) is 30.2 Å². The summed E-state index contributed by atoms with van der Waals surface area (Å²) in [6, 6.07) is 16.1. The van der Waals surface area contributed by atoms with Gasteiger partial charge in [-0.25, -0.2) is 9.83 Å². The first-order chi connectivity index (χ1) is 14.7. The highest BCUT2D eigenvalue weighted by molar-refractivity contribution is 5.68. The number of ether oxygens (including phenoxy) is 1. The quantitative estimate of drug-likeness (QED) is 0.581. The minimum absolute atomic E-state index is 0.285. The summed E-state index contributed by atoms with van der Waals surface area (Å²) in [7, 11) is 2.08. The first-order valence-electron chi connectivity index (χ1n) is 10.3. The van der Waals surface area contributed by atoms with Gasteiger partial charge in [0.2, 0.25) is 11.6 Å². The summed E-state index contributed by atoms with van der Waals surface area (Å²) in [5.74, 6) is 2.47. The summed E-state index contributed by atoms with van der Waals surface area (Å²) in [6.45, 7) is 8.76. The molecule has 5 rings (SSSR count). The van der Waals surface area contributed by atoms with Crippen molar-refractivity contribution in [3.63, 3.8) is 0 Å². The van der Waals surface area contributed by atoms with Crippen molar-refractivity contribution in [2.24, 2.45) is 0 Å². The van der Waals surface area contributed by atoms with Crippen molar-refractivity contribution >= 4 is 23.1 Å². The van der Waals surface area contributed by atoms with Gasteiger partial charge in [-0.1, -0.05) is 36.4 Å². The molecule has 1 N–H and O–H groups in total. The molecule has 6 nitrogen and oxygen atoms in total. The van der Waals surface area contributed by atoms with E-state index >= 15 is 0 Å². The van der Waals surface area contributed by atoms with Crippen LogP contribution in [0.4, 0.5) is 23.1 Å². The van der Waals surface area contributed by atoms with Crippen molar-refractivity contribution in [1.29, 1.82) is 0 Å². The molecule has 0 spiro atoms. The molecule has 2 aromatic carbocycles. The molecule has 0 saturated carbocycles. The third-order valence-corrected chi connectivity index (χ3v) is 5.83. The zero-order chi connectivity index (χ0) is 20.5. The molecule has 2 aliphatic rings. The lowest BCUT2D eigenvalue weighted by Crippen LogP contribution is -2.24. The minimum Gasteiger partial charge on any atom is -0.504 e. The number of hydrogen-bond acceptors (Lipinski definition) is 5. The lowest BCUT2D eigenvalue weighted by molar-refractivity contribution is 0.314. The van der Waals surface area contributed by atoms with Crippen molar-refractivity contribution in [2.45, 2.75) is 25.2 Å². The molecule has 3 aromatic rings. The number of benzene rings is 2. The van der Waals surface area contributed by atoms with Crippen LogP contribution < -0.4 is 15.0 Å². The average molecular weight is 397 g/mol. The highest BCUT2D eigenvalue weighted by atomic mass is 16.5. The molecular weight excluding hydrogens is 374 g/mol. The monoisotopic (exact) mass is 397 g/mol. The zero-order valence-electron chi connectivity index (χ0n) is 16.9. The van der Waals surface area contributed by atoms with Crippen LogP contribution in [0.5, 0.6) is 5.75 Å². The summed E-state index contributed by atoms with van der Waals surface area (Å²) < 4.78 is 5.90. The van der Waals surface area contributed by atoms with Gasteiger partial charge in [-0.2, -0.15) is 4.98 Å². The summed E-state index contributed by atoms with van der Waals surface area (Å²) in [5.41, 5.74) is 5.00. The van der Waals surface area contributed by atoms with E-state index < -0.39 is 0 Å². The van der Waals surface area contributed by atoms with Crippen LogP contribution in [-0.2, 0) is 6.42 Å². The van der Waals surface area contributed by atoms with Gasteiger partial charge in [0.15, 0.2) is 0 Å². The third-order valence-electron chi connectivity index (χ3n) is 5.83. The predicted molar refractivity (Wildman–Crippen MR) is 118 cm³/mol. The van der Waals surface area contributed by atoms with Gasteiger partial charge in [-0.05, 0) is 37.0 Å². The van der Waals surface area contributed by atoms with E-state index in [1.54, 1.807) is 6.07 Å². The van der Waals surface area contributed by atoms with E-state index in [1.165, 1.54) is 11.1 Å². The topological polar surface area (TPSA) is 54.6 Å². The Morgan fingerprint density at radius 1 is 1.17 bits per heavy atom. The first-order valence-corrected chi connectivity index (χ1v) is 10.3. The molecule has 1 atom stereocenters. The molecule has 1 unspecified atom stereocenters. The van der Waals surface area contributed by atoms with Crippen LogP contribution in [0, 0.1) is 6.57 Å². The molecule has 2 heterocycles. The Kier molecular flexibility index (Phi) is 4.72. The zero-order valence-corrected chi connectivity index (χ0v) is 16.9. The van der Waals surface area contributed by atoms with Crippen LogP contribution in [0.2, 0.25) is 0 Å². The Labute approximate surface area is 176 Å². The SMILES string of the molecule is [C-]#[N+]c1ccc2cc1OCCCN(C)c1nc(nc3c1CCC3c1ccccc1)N2. The maximum absolute atomic E-state index is 7.38. The molecule has 0 fully saturated rings. The molecule has 1 aliphatic heterocycles. The first kappa shape index (κ1) is 18.4. The predicted octanol–water partition coefficient (Wildman–Crippen LogP) is 5.07. The van der Waals surface area contributed by atoms with Crippen molar-refractivity contribution in [2.75, 3.05) is 30.4 Å². The number of rotatable bonds is 1. The molecule has 4 bridgehead atoms. The molecule has 0 saturated heterocycles. The molecule has 30 heavy (non-hydrogen) atoms. The molecule has 1 aromatic heterocycles. The maximum Gasteiger partial charge on any atom is 0.229 e. The van der Waals surface area contributed by atoms with Gasteiger partial charge in [0.1, 0.15) is 11.6 Å². The summed E-state index contributed by atoms with van der Waals surface area (Å²) in [4.78, 5) is 15.6. The number of hydrogen-bond donors (Lipinski definition) is 1. The second-order valence-corrected chi connectivity index (χ2v) is 7.78. The van der Waals surface area contributed by atoms with Gasteiger partial charge >= 0.3 is 0 Å². The largest absolute Gasteiger partial charge is 0.504 e. The summed E-state index contributed by atoms with van der Waals surface area (Å²) >= 11 is 0. The van der Waals surface area contributed by atoms with Crippen LogP contribution in [0.1, 0.15) is 35.6 Å². The normalized spacial score (nSPS) is 17.6. The van der Waals surface area contributed by atoms with E-state index in [1.807, 2.05) is 12.1 Å². The number of nitrogens with one attached hydrogen (secondary N) is 1. The molecule has 6 heteroatoms. The second-order valence-electron chi connectivity index (χ2n) is 7.78. The Hall–Kier alpha value is -3.59. The Morgan fingerprint density at radius 3 is 2.87 bits per heavy atom. The number of aromatic nitrogens is 2. The molecule has 1 aliphatic carbocycles. The molecule has 0 radical (unpaired) electrons. The van der Waals surface area contributed by atoms with Crippen molar-refractivity contribution < 1.29 is 4.74 Å². The molecule has 150 valence electrons. The van der Waals surface area contributed by atoms with E-state index in [9.17, 15) is 0 Å². The Bertz CT molecular complexity index is 1120. The van der Waals surface area contributed by atoms with Crippen LogP contribution in [0.3, 0.4) is 0 Å². The van der Waals surface area contributed by atoms with Gasteiger partial charge in [0.05, 0.1) is 18.9 Å². The van der Waals surface area contributed by atoms with Gasteiger partial charge in [-0.15, -0.1) is 0 Å². The molecular formula is C24H23N5O. The fourth-order valence-corrected chi connectivity index (χ4v) is 4.34. The van der Waals surface area contributed by atoms with Gasteiger partial charge in [-0.3, -0.25) is 0 Å². The maximum atomic E-state index is 7.38. The van der Waals surface area contributed by atoms with Crippen LogP contribution in [0.25, 0.3) is 4.85 Å². The summed E-state index contributed by atoms with van der Waals surface area (Å²) in [6.07, 6.45) is 2.88. The lowest BCUT2D eigenvalue weighted by atomic mass is 9.97. The van der Waals surface area contributed by atoms with Crippen LogP contribution >= 0.6 is 0 Å². The van der Waals surface area contributed by atoms with Gasteiger partial charge in [0, 0.05) is 30.8 Å². The van der Waals surface area contributed by atoms with E-state index in [4.69, 9.17) is 21.3 Å². The Balaban J connectivity index is 1.61. The summed E-state index contributed by atoms with van der Waals surface area (Å²) in [5, 5.41) is 3.34. The van der Waals surface area contributed by atoms with E-state index in [2.05, 4.69) is 52.4 Å².